The number of carboxylic acids is 1. The van der Waals surface area contributed by atoms with Crippen LogP contribution in [0.25, 0.3) is 0 Å². The van der Waals surface area contributed by atoms with Crippen molar-refractivity contribution in [1.29, 1.82) is 0 Å². The predicted octanol–water partition coefficient (Wildman–Crippen LogP) is 3.45. The van der Waals surface area contributed by atoms with Gasteiger partial charge in [-0.3, -0.25) is 4.79 Å². The van der Waals surface area contributed by atoms with E-state index in [2.05, 4.69) is 10.1 Å². The van der Waals surface area contributed by atoms with Gasteiger partial charge in [0.1, 0.15) is 17.1 Å². The van der Waals surface area contributed by atoms with E-state index in [-0.39, 0.29) is 11.3 Å². The lowest BCUT2D eigenvalue weighted by atomic mass is 10.1. The van der Waals surface area contributed by atoms with Gasteiger partial charge in [-0.2, -0.15) is 0 Å². The molecule has 0 bridgehead atoms. The van der Waals surface area contributed by atoms with Crippen LogP contribution >= 0.6 is 0 Å². The van der Waals surface area contributed by atoms with Gasteiger partial charge in [-0.1, -0.05) is 18.2 Å². The first-order chi connectivity index (χ1) is 13.0. The average molecular weight is 375 g/mol. The molecule has 0 aliphatic heterocycles. The number of carbonyl (C=O) groups is 2. The summed E-state index contributed by atoms with van der Waals surface area (Å²) in [7, 11) is 3.25. The molecule has 0 spiro atoms. The Bertz CT molecular complexity index is 718. The highest BCUT2D eigenvalue weighted by Gasteiger charge is 2.13. The Hall–Kier alpha value is -3.06. The predicted molar refractivity (Wildman–Crippen MR) is 103 cm³/mol. The molecule has 0 aliphatic rings. The normalized spacial score (nSPS) is 9.59. The molecular formula is C20H25NO6. The van der Waals surface area contributed by atoms with E-state index in [0.717, 1.165) is 12.2 Å². The number of benzene rings is 2. The Morgan fingerprint density at radius 3 is 2.33 bits per heavy atom. The average Bonchev–Trinajstić information content (AvgIpc) is 2.63. The second kappa shape index (κ2) is 12.3. The van der Waals surface area contributed by atoms with E-state index in [1.54, 1.807) is 20.3 Å². The zero-order chi connectivity index (χ0) is 20.1. The molecule has 2 aromatic rings. The third-order valence-corrected chi connectivity index (χ3v) is 3.13. The Morgan fingerprint density at radius 1 is 1.07 bits per heavy atom. The summed E-state index contributed by atoms with van der Waals surface area (Å²) in [4.78, 5) is 22.2. The van der Waals surface area contributed by atoms with Crippen LogP contribution in [0, 0.1) is 0 Å². The number of para-hydroxylation sites is 1. The van der Waals surface area contributed by atoms with Gasteiger partial charge in [0.05, 0.1) is 6.61 Å². The van der Waals surface area contributed by atoms with Crippen molar-refractivity contribution >= 4 is 17.6 Å². The first-order valence-electron chi connectivity index (χ1n) is 8.35. The number of rotatable bonds is 8. The SMILES string of the molecule is CC(=O)Oc1ccc(NCCCOc2ccccc2)cc1C(=O)O.COC. The van der Waals surface area contributed by atoms with Crippen LogP contribution in [0.15, 0.2) is 48.5 Å². The number of carbonyl (C=O) groups excluding carboxylic acids is 1. The standard InChI is InChI=1S/C18H19NO5.C2H6O/c1-13(20)24-17-9-8-14(12-16(17)18(21)22)19-10-5-11-23-15-6-3-2-4-7-15;1-3-2/h2-4,6-9,12,19H,5,10-11H2,1H3,(H,21,22);1-2H3. The topological polar surface area (TPSA) is 94.1 Å². The molecule has 2 N–H and O–H groups in total. The molecule has 0 atom stereocenters. The molecule has 0 aromatic heterocycles. The number of hydrogen-bond acceptors (Lipinski definition) is 6. The number of aromatic carboxylic acids is 1. The molecule has 2 aromatic carbocycles. The van der Waals surface area contributed by atoms with Crippen LogP contribution < -0.4 is 14.8 Å². The first kappa shape index (κ1) is 22.0. The van der Waals surface area contributed by atoms with E-state index in [1.165, 1.54) is 19.1 Å². The van der Waals surface area contributed by atoms with Gasteiger partial charge in [0.2, 0.25) is 0 Å². The van der Waals surface area contributed by atoms with E-state index >= 15 is 0 Å². The van der Waals surface area contributed by atoms with Crippen molar-refractivity contribution in [3.05, 3.63) is 54.1 Å². The number of carboxylic acid groups (broad SMARTS) is 1. The Kier molecular flexibility index (Phi) is 10.0. The smallest absolute Gasteiger partial charge is 0.339 e. The third-order valence-electron chi connectivity index (χ3n) is 3.13. The van der Waals surface area contributed by atoms with Crippen molar-refractivity contribution < 1.29 is 28.9 Å². The minimum atomic E-state index is -1.15. The molecule has 0 heterocycles. The minimum absolute atomic E-state index is 0.0351. The molecule has 0 amide bonds. The van der Waals surface area contributed by atoms with E-state index in [9.17, 15) is 14.7 Å². The van der Waals surface area contributed by atoms with Gasteiger partial charge in [0.25, 0.3) is 0 Å². The fourth-order valence-electron chi connectivity index (χ4n) is 2.06. The summed E-state index contributed by atoms with van der Waals surface area (Å²) in [6.07, 6.45) is 0.753. The fraction of sp³-hybridized carbons (Fsp3) is 0.300. The maximum atomic E-state index is 11.2. The van der Waals surface area contributed by atoms with E-state index in [4.69, 9.17) is 9.47 Å². The van der Waals surface area contributed by atoms with E-state index < -0.39 is 11.9 Å². The van der Waals surface area contributed by atoms with Crippen molar-refractivity contribution in [2.45, 2.75) is 13.3 Å². The molecule has 0 unspecified atom stereocenters. The first-order valence-corrected chi connectivity index (χ1v) is 8.35. The molecule has 0 saturated carbocycles. The van der Waals surface area contributed by atoms with Crippen molar-refractivity contribution in [3.63, 3.8) is 0 Å². The van der Waals surface area contributed by atoms with Gasteiger partial charge in [0, 0.05) is 33.4 Å². The zero-order valence-electron chi connectivity index (χ0n) is 15.7. The van der Waals surface area contributed by atoms with Crippen molar-refractivity contribution in [2.24, 2.45) is 0 Å². The van der Waals surface area contributed by atoms with E-state index in [0.29, 0.717) is 18.8 Å². The molecule has 146 valence electrons. The van der Waals surface area contributed by atoms with Gasteiger partial charge in [-0.05, 0) is 36.8 Å². The minimum Gasteiger partial charge on any atom is -0.494 e. The lowest BCUT2D eigenvalue weighted by Crippen LogP contribution is -2.10. The van der Waals surface area contributed by atoms with Crippen LogP contribution in [-0.2, 0) is 9.53 Å². The van der Waals surface area contributed by atoms with Crippen LogP contribution in [-0.4, -0.2) is 44.4 Å². The maximum Gasteiger partial charge on any atom is 0.339 e. The number of esters is 1. The Morgan fingerprint density at radius 2 is 1.74 bits per heavy atom. The lowest BCUT2D eigenvalue weighted by molar-refractivity contribution is -0.131. The Balaban J connectivity index is 0.00000114. The highest BCUT2D eigenvalue weighted by atomic mass is 16.5. The highest BCUT2D eigenvalue weighted by molar-refractivity contribution is 5.93. The number of ether oxygens (including phenoxy) is 3. The molecule has 0 radical (unpaired) electrons. The van der Waals surface area contributed by atoms with Crippen LogP contribution in [0.1, 0.15) is 23.7 Å². The van der Waals surface area contributed by atoms with Crippen LogP contribution in [0.2, 0.25) is 0 Å². The monoisotopic (exact) mass is 375 g/mol. The molecule has 0 saturated heterocycles. The van der Waals surface area contributed by atoms with E-state index in [1.807, 2.05) is 30.3 Å². The van der Waals surface area contributed by atoms with Crippen LogP contribution in [0.3, 0.4) is 0 Å². The van der Waals surface area contributed by atoms with Gasteiger partial charge in [-0.15, -0.1) is 0 Å². The van der Waals surface area contributed by atoms with Gasteiger partial charge < -0.3 is 24.6 Å². The molecular weight excluding hydrogens is 350 g/mol. The molecule has 0 fully saturated rings. The molecule has 2 rings (SSSR count). The molecule has 7 heteroatoms. The zero-order valence-corrected chi connectivity index (χ0v) is 15.7. The summed E-state index contributed by atoms with van der Waals surface area (Å²) in [5.41, 5.74) is 0.582. The maximum absolute atomic E-state index is 11.2. The summed E-state index contributed by atoms with van der Waals surface area (Å²) in [5, 5.41) is 12.3. The van der Waals surface area contributed by atoms with Crippen molar-refractivity contribution in [2.75, 3.05) is 32.7 Å². The number of nitrogens with one attached hydrogen (secondary N) is 1. The van der Waals surface area contributed by atoms with Crippen molar-refractivity contribution in [1.82, 2.24) is 0 Å². The van der Waals surface area contributed by atoms with Crippen LogP contribution in [0.4, 0.5) is 5.69 Å². The summed E-state index contributed by atoms with van der Waals surface area (Å²) in [6, 6.07) is 14.1. The highest BCUT2D eigenvalue weighted by Crippen LogP contribution is 2.23. The summed E-state index contributed by atoms with van der Waals surface area (Å²) < 4.78 is 14.7. The Labute approximate surface area is 158 Å². The second-order valence-electron chi connectivity index (χ2n) is 5.46. The number of hydrogen-bond donors (Lipinski definition) is 2. The van der Waals surface area contributed by atoms with Gasteiger partial charge in [0.15, 0.2) is 0 Å². The second-order valence-corrected chi connectivity index (χ2v) is 5.46. The molecule has 7 nitrogen and oxygen atoms in total. The lowest BCUT2D eigenvalue weighted by Gasteiger charge is -2.11. The van der Waals surface area contributed by atoms with Crippen molar-refractivity contribution in [3.8, 4) is 11.5 Å². The summed E-state index contributed by atoms with van der Waals surface area (Å²) >= 11 is 0. The third kappa shape index (κ3) is 8.73. The fourth-order valence-corrected chi connectivity index (χ4v) is 2.06. The van der Waals surface area contributed by atoms with Gasteiger partial charge in [-0.25, -0.2) is 4.79 Å². The summed E-state index contributed by atoms with van der Waals surface area (Å²) in [6.45, 7) is 2.40. The molecule has 0 aliphatic carbocycles. The van der Waals surface area contributed by atoms with Crippen LogP contribution in [0.5, 0.6) is 11.5 Å². The largest absolute Gasteiger partial charge is 0.494 e. The number of methoxy groups -OCH3 is 1. The molecule has 27 heavy (non-hydrogen) atoms. The number of anilines is 1. The quantitative estimate of drug-likeness (QED) is 0.414. The van der Waals surface area contributed by atoms with Gasteiger partial charge >= 0.3 is 11.9 Å². The summed E-state index contributed by atoms with van der Waals surface area (Å²) in [5.74, 6) is -0.858.